The lowest BCUT2D eigenvalue weighted by Crippen LogP contribution is -2.62. The molecule has 1 amide bonds. The van der Waals surface area contributed by atoms with Crippen LogP contribution < -0.4 is 5.32 Å². The van der Waals surface area contributed by atoms with Gasteiger partial charge in [-0.25, -0.2) is 0 Å². The first-order valence-electron chi connectivity index (χ1n) is 15.3. The van der Waals surface area contributed by atoms with Gasteiger partial charge in [-0.2, -0.15) is 0 Å². The van der Waals surface area contributed by atoms with Crippen LogP contribution in [-0.4, -0.2) is 79.4 Å². The molecule has 0 spiro atoms. The molecule has 1 saturated heterocycles. The van der Waals surface area contributed by atoms with Crippen LogP contribution in [0.4, 0.5) is 0 Å². The predicted octanol–water partition coefficient (Wildman–Crippen LogP) is 4.11. The highest BCUT2D eigenvalue weighted by Crippen LogP contribution is 2.27. The fourth-order valence-electron chi connectivity index (χ4n) is 4.78. The molecule has 11 nitrogen and oxygen atoms in total. The summed E-state index contributed by atoms with van der Waals surface area (Å²) >= 11 is 0. The highest BCUT2D eigenvalue weighted by molar-refractivity contribution is 5.77. The average Bonchev–Trinajstić information content (AvgIpc) is 2.91. The molecule has 0 aromatic rings. The quantitative estimate of drug-likeness (QED) is 0.108. The molecule has 1 rings (SSSR count). The Labute approximate surface area is 245 Å². The summed E-state index contributed by atoms with van der Waals surface area (Å²) in [6.45, 7) is 5.47. The van der Waals surface area contributed by atoms with Crippen molar-refractivity contribution in [3.63, 3.8) is 0 Å². The van der Waals surface area contributed by atoms with E-state index in [2.05, 4.69) is 12.2 Å². The van der Waals surface area contributed by atoms with Crippen LogP contribution in [0.25, 0.3) is 0 Å². The Morgan fingerprint density at radius 3 is 1.68 bits per heavy atom. The minimum absolute atomic E-state index is 0.344. The molecule has 238 valence electrons. The van der Waals surface area contributed by atoms with Crippen LogP contribution >= 0.6 is 0 Å². The normalized spacial score (nSPS) is 22.1. The van der Waals surface area contributed by atoms with Crippen LogP contribution in [0.3, 0.4) is 0 Å². The number of aliphatic hydroxyl groups excluding tert-OH is 1. The van der Waals surface area contributed by atoms with Gasteiger partial charge in [0.25, 0.3) is 0 Å². The van der Waals surface area contributed by atoms with Crippen LogP contribution in [-0.2, 0) is 42.9 Å². The molecular weight excluding hydrogens is 534 g/mol. The first-order chi connectivity index (χ1) is 19.6. The predicted molar refractivity (Wildman–Crippen MR) is 152 cm³/mol. The summed E-state index contributed by atoms with van der Waals surface area (Å²) in [5, 5.41) is 13.5. The third kappa shape index (κ3) is 17.3. The van der Waals surface area contributed by atoms with Gasteiger partial charge in [0.1, 0.15) is 25.4 Å². The Kier molecular flexibility index (Phi) is 20.1. The van der Waals surface area contributed by atoms with Crippen molar-refractivity contribution in [1.29, 1.82) is 0 Å². The molecule has 0 aromatic carbocycles. The van der Waals surface area contributed by atoms with Gasteiger partial charge in [0.05, 0.1) is 0 Å². The molecule has 2 N–H and O–H groups in total. The van der Waals surface area contributed by atoms with Gasteiger partial charge in [0.2, 0.25) is 5.91 Å². The molecule has 0 bridgehead atoms. The van der Waals surface area contributed by atoms with E-state index < -0.39 is 61.1 Å². The third-order valence-electron chi connectivity index (χ3n) is 6.90. The van der Waals surface area contributed by atoms with Gasteiger partial charge >= 0.3 is 17.9 Å². The summed E-state index contributed by atoms with van der Waals surface area (Å²) < 4.78 is 26.5. The first kappa shape index (κ1) is 36.8. The maximum absolute atomic E-state index is 12.3. The van der Waals surface area contributed by atoms with Crippen LogP contribution in [0.5, 0.6) is 0 Å². The highest BCUT2D eigenvalue weighted by Gasteiger charge is 2.50. The standard InChI is InChI=1S/C30H53NO10/c1-5-6-7-8-9-10-11-12-13-14-15-16-17-18-19-31-26(35)21-38-30-27(36)29(40-24(4)34)28(39-23(3)33)25(41-30)20-37-22(2)32/h25,27-30,36H,5-21H2,1-4H3,(H,31,35)/t25-,27-,28-,29-,30+/m1/s1. The number of ether oxygens (including phenoxy) is 5. The van der Waals surface area contributed by atoms with Crippen molar-refractivity contribution in [2.75, 3.05) is 19.8 Å². The second-order valence-electron chi connectivity index (χ2n) is 10.7. The van der Waals surface area contributed by atoms with Gasteiger partial charge in [-0.05, 0) is 6.42 Å². The lowest BCUT2D eigenvalue weighted by atomic mass is 9.98. The zero-order valence-corrected chi connectivity index (χ0v) is 25.5. The molecule has 5 atom stereocenters. The van der Waals surface area contributed by atoms with Crippen LogP contribution in [0.1, 0.15) is 118 Å². The van der Waals surface area contributed by atoms with Gasteiger partial charge in [-0.1, -0.05) is 90.4 Å². The van der Waals surface area contributed by atoms with E-state index in [-0.39, 0.29) is 6.61 Å². The molecule has 0 radical (unpaired) electrons. The van der Waals surface area contributed by atoms with Gasteiger partial charge in [-0.15, -0.1) is 0 Å². The average molecular weight is 588 g/mol. The topological polar surface area (TPSA) is 147 Å². The van der Waals surface area contributed by atoms with Crippen molar-refractivity contribution >= 4 is 23.8 Å². The summed E-state index contributed by atoms with van der Waals surface area (Å²) in [4.78, 5) is 46.9. The van der Waals surface area contributed by atoms with E-state index in [1.165, 1.54) is 77.6 Å². The summed E-state index contributed by atoms with van der Waals surface area (Å²) in [5.74, 6) is -2.44. The third-order valence-corrected chi connectivity index (χ3v) is 6.90. The van der Waals surface area contributed by atoms with Crippen molar-refractivity contribution in [2.45, 2.75) is 148 Å². The summed E-state index contributed by atoms with van der Waals surface area (Å²) in [6.07, 6.45) is 10.9. The minimum Gasteiger partial charge on any atom is -0.463 e. The van der Waals surface area contributed by atoms with Crippen LogP contribution in [0.15, 0.2) is 0 Å². The van der Waals surface area contributed by atoms with Crippen molar-refractivity contribution in [1.82, 2.24) is 5.32 Å². The van der Waals surface area contributed by atoms with Crippen molar-refractivity contribution in [3.8, 4) is 0 Å². The maximum Gasteiger partial charge on any atom is 0.303 e. The number of hydrogen-bond donors (Lipinski definition) is 2. The number of carbonyl (C=O) groups excluding carboxylic acids is 4. The molecule has 41 heavy (non-hydrogen) atoms. The molecule has 1 aliphatic heterocycles. The monoisotopic (exact) mass is 587 g/mol. The van der Waals surface area contributed by atoms with E-state index in [0.717, 1.165) is 33.1 Å². The van der Waals surface area contributed by atoms with Crippen molar-refractivity contribution < 1.29 is 48.0 Å². The number of esters is 3. The molecule has 0 saturated carbocycles. The zero-order chi connectivity index (χ0) is 30.5. The maximum atomic E-state index is 12.3. The molecule has 11 heteroatoms. The number of aliphatic hydroxyl groups is 1. The number of amides is 1. The number of rotatable bonds is 22. The Balaban J connectivity index is 2.31. The smallest absolute Gasteiger partial charge is 0.303 e. The molecule has 1 heterocycles. The molecule has 1 fully saturated rings. The lowest BCUT2D eigenvalue weighted by Gasteiger charge is -2.42. The van der Waals surface area contributed by atoms with Gasteiger partial charge in [0.15, 0.2) is 18.5 Å². The summed E-state index contributed by atoms with van der Waals surface area (Å²) in [6, 6.07) is 0. The summed E-state index contributed by atoms with van der Waals surface area (Å²) in [7, 11) is 0. The molecule has 1 aliphatic rings. The van der Waals surface area contributed by atoms with E-state index >= 15 is 0 Å². The highest BCUT2D eigenvalue weighted by atomic mass is 16.7. The Morgan fingerprint density at radius 1 is 0.707 bits per heavy atom. The molecular formula is C30H53NO10. The summed E-state index contributed by atoms with van der Waals surface area (Å²) in [5.41, 5.74) is 0. The van der Waals surface area contributed by atoms with E-state index in [1.54, 1.807) is 0 Å². The molecule has 0 aromatic heterocycles. The Morgan fingerprint density at radius 2 is 1.20 bits per heavy atom. The van der Waals surface area contributed by atoms with Gasteiger partial charge < -0.3 is 34.1 Å². The largest absolute Gasteiger partial charge is 0.463 e. The van der Waals surface area contributed by atoms with Crippen LogP contribution in [0.2, 0.25) is 0 Å². The van der Waals surface area contributed by atoms with Gasteiger partial charge in [-0.3, -0.25) is 19.2 Å². The fraction of sp³-hybridized carbons (Fsp3) is 0.867. The van der Waals surface area contributed by atoms with Gasteiger partial charge in [0, 0.05) is 27.3 Å². The van der Waals surface area contributed by atoms with Crippen LogP contribution in [0, 0.1) is 0 Å². The zero-order valence-electron chi connectivity index (χ0n) is 25.5. The fourth-order valence-corrected chi connectivity index (χ4v) is 4.78. The van der Waals surface area contributed by atoms with E-state index in [0.29, 0.717) is 6.54 Å². The minimum atomic E-state index is -1.56. The van der Waals surface area contributed by atoms with Crippen molar-refractivity contribution in [3.05, 3.63) is 0 Å². The second-order valence-corrected chi connectivity index (χ2v) is 10.7. The Hall–Kier alpha value is -2.24. The molecule has 0 aliphatic carbocycles. The number of nitrogens with one attached hydrogen (secondary N) is 1. The SMILES string of the molecule is CCCCCCCCCCCCCCCCNC(=O)CO[C@H]1O[C@H](COC(C)=O)[C@@H](OC(C)=O)[C@H](OC(C)=O)[C@H]1O. The lowest BCUT2D eigenvalue weighted by molar-refractivity contribution is -0.304. The Bertz CT molecular complexity index is 762. The first-order valence-corrected chi connectivity index (χ1v) is 15.3. The number of carbonyl (C=O) groups is 4. The molecule has 0 unspecified atom stereocenters. The number of hydrogen-bond acceptors (Lipinski definition) is 10. The van der Waals surface area contributed by atoms with E-state index in [9.17, 15) is 24.3 Å². The van der Waals surface area contributed by atoms with Crippen molar-refractivity contribution in [2.24, 2.45) is 0 Å². The van der Waals surface area contributed by atoms with E-state index in [4.69, 9.17) is 23.7 Å². The number of unbranched alkanes of at least 4 members (excludes halogenated alkanes) is 13. The van der Waals surface area contributed by atoms with E-state index in [1.807, 2.05) is 0 Å². The second kappa shape index (κ2) is 22.4.